The molecular formula is C13H16N2. The van der Waals surface area contributed by atoms with Crippen LogP contribution in [0.3, 0.4) is 0 Å². The van der Waals surface area contributed by atoms with Gasteiger partial charge in [-0.1, -0.05) is 18.1 Å². The van der Waals surface area contributed by atoms with Gasteiger partial charge in [-0.2, -0.15) is 0 Å². The molecule has 1 aromatic carbocycles. The number of nitrogens with one attached hydrogen (secondary N) is 1. The number of terminal acetylenes is 1. The van der Waals surface area contributed by atoms with Crippen molar-refractivity contribution in [1.29, 1.82) is 0 Å². The third-order valence-corrected chi connectivity index (χ3v) is 2.59. The number of hydrogen-bond acceptors (Lipinski definition) is 2. The molecule has 2 rings (SSSR count). The van der Waals surface area contributed by atoms with Gasteiger partial charge in [0.15, 0.2) is 0 Å². The molecule has 1 aliphatic rings. The first kappa shape index (κ1) is 9.92. The van der Waals surface area contributed by atoms with Crippen molar-refractivity contribution in [3.63, 3.8) is 0 Å². The van der Waals surface area contributed by atoms with Gasteiger partial charge in [0.2, 0.25) is 0 Å². The first-order valence-electron chi connectivity index (χ1n) is 5.18. The van der Waals surface area contributed by atoms with Gasteiger partial charge in [0.1, 0.15) is 0 Å². The van der Waals surface area contributed by atoms with Crippen molar-refractivity contribution in [2.24, 2.45) is 0 Å². The summed E-state index contributed by atoms with van der Waals surface area (Å²) in [5, 5.41) is 3.51. The number of para-hydroxylation sites is 2. The summed E-state index contributed by atoms with van der Waals surface area (Å²) in [6.45, 7) is 5.98. The molecule has 0 bridgehead atoms. The highest BCUT2D eigenvalue weighted by Crippen LogP contribution is 2.33. The van der Waals surface area contributed by atoms with E-state index in [1.54, 1.807) is 0 Å². The van der Waals surface area contributed by atoms with Crippen molar-refractivity contribution in [3.8, 4) is 12.3 Å². The third-order valence-electron chi connectivity index (χ3n) is 2.59. The molecule has 0 aromatic heterocycles. The Morgan fingerprint density at radius 1 is 1.47 bits per heavy atom. The maximum atomic E-state index is 5.39. The number of fused-ring (bicyclic) bond motifs is 1. The molecule has 0 amide bonds. The van der Waals surface area contributed by atoms with Crippen LogP contribution in [0.25, 0.3) is 0 Å². The zero-order valence-corrected chi connectivity index (χ0v) is 9.25. The second kappa shape index (κ2) is 3.51. The molecule has 0 aliphatic carbocycles. The Bertz CT molecular complexity index is 401. The second-order valence-electron chi connectivity index (χ2n) is 4.59. The molecule has 1 aromatic rings. The number of anilines is 2. The normalized spacial score (nSPS) is 17.5. The minimum atomic E-state index is 0.0746. The molecule has 1 heterocycles. The topological polar surface area (TPSA) is 15.3 Å². The predicted octanol–water partition coefficient (Wildman–Crippen LogP) is 2.33. The van der Waals surface area contributed by atoms with Gasteiger partial charge in [-0.25, -0.2) is 0 Å². The summed E-state index contributed by atoms with van der Waals surface area (Å²) in [6.07, 6.45) is 5.39. The fourth-order valence-electron chi connectivity index (χ4n) is 2.07. The standard InChI is InChI=1S/C13H16N2/c1-4-9-15-10-13(2,3)14-11-7-5-6-8-12(11)15/h1,5-8,14H,9-10H2,2-3H3. The van der Waals surface area contributed by atoms with E-state index < -0.39 is 0 Å². The Hall–Kier alpha value is -1.62. The lowest BCUT2D eigenvalue weighted by Crippen LogP contribution is -2.48. The molecule has 1 N–H and O–H groups in total. The molecule has 0 atom stereocenters. The number of benzene rings is 1. The van der Waals surface area contributed by atoms with Gasteiger partial charge in [-0.15, -0.1) is 6.42 Å². The highest BCUT2D eigenvalue weighted by atomic mass is 15.2. The van der Waals surface area contributed by atoms with Gasteiger partial charge in [0, 0.05) is 12.1 Å². The molecule has 0 spiro atoms. The van der Waals surface area contributed by atoms with E-state index in [4.69, 9.17) is 6.42 Å². The molecule has 2 heteroatoms. The largest absolute Gasteiger partial charge is 0.377 e. The first-order valence-corrected chi connectivity index (χ1v) is 5.18. The number of hydrogen-bond donors (Lipinski definition) is 1. The maximum absolute atomic E-state index is 5.39. The van der Waals surface area contributed by atoms with E-state index >= 15 is 0 Å². The first-order chi connectivity index (χ1) is 7.12. The van der Waals surface area contributed by atoms with Crippen LogP contribution >= 0.6 is 0 Å². The maximum Gasteiger partial charge on any atom is 0.0793 e. The minimum absolute atomic E-state index is 0.0746. The lowest BCUT2D eigenvalue weighted by molar-refractivity contribution is 0.543. The second-order valence-corrected chi connectivity index (χ2v) is 4.59. The molecule has 2 nitrogen and oxygen atoms in total. The average molecular weight is 200 g/mol. The summed E-state index contributed by atoms with van der Waals surface area (Å²) in [5.74, 6) is 2.71. The van der Waals surface area contributed by atoms with Gasteiger partial charge >= 0.3 is 0 Å². The SMILES string of the molecule is C#CCN1CC(C)(C)Nc2ccccc21. The highest BCUT2D eigenvalue weighted by Gasteiger charge is 2.28. The predicted molar refractivity (Wildman–Crippen MR) is 65.2 cm³/mol. The smallest absolute Gasteiger partial charge is 0.0793 e. The zero-order chi connectivity index (χ0) is 10.9. The van der Waals surface area contributed by atoms with E-state index in [0.29, 0.717) is 6.54 Å². The van der Waals surface area contributed by atoms with Crippen molar-refractivity contribution in [3.05, 3.63) is 24.3 Å². The Morgan fingerprint density at radius 2 is 2.20 bits per heavy atom. The number of nitrogens with zero attached hydrogens (tertiary/aromatic N) is 1. The van der Waals surface area contributed by atoms with Gasteiger partial charge in [0.05, 0.1) is 17.9 Å². The van der Waals surface area contributed by atoms with Gasteiger partial charge in [0.25, 0.3) is 0 Å². The van der Waals surface area contributed by atoms with E-state index in [1.807, 2.05) is 12.1 Å². The molecule has 0 saturated heterocycles. The third kappa shape index (κ3) is 1.92. The summed E-state index contributed by atoms with van der Waals surface area (Å²) in [5.41, 5.74) is 2.45. The van der Waals surface area contributed by atoms with E-state index in [1.165, 1.54) is 11.4 Å². The average Bonchev–Trinajstić information content (AvgIpc) is 2.16. The van der Waals surface area contributed by atoms with Gasteiger partial charge in [-0.3, -0.25) is 0 Å². The van der Waals surface area contributed by atoms with E-state index in [-0.39, 0.29) is 5.54 Å². The van der Waals surface area contributed by atoms with Crippen LogP contribution in [-0.4, -0.2) is 18.6 Å². The van der Waals surface area contributed by atoms with Crippen molar-refractivity contribution in [2.45, 2.75) is 19.4 Å². The monoisotopic (exact) mass is 200 g/mol. The fourth-order valence-corrected chi connectivity index (χ4v) is 2.07. The summed E-state index contributed by atoms with van der Waals surface area (Å²) >= 11 is 0. The van der Waals surface area contributed by atoms with Crippen molar-refractivity contribution < 1.29 is 0 Å². The molecule has 78 valence electrons. The van der Waals surface area contributed by atoms with Crippen LogP contribution in [0.1, 0.15) is 13.8 Å². The molecule has 0 fully saturated rings. The molecular weight excluding hydrogens is 184 g/mol. The highest BCUT2D eigenvalue weighted by molar-refractivity contribution is 5.73. The lowest BCUT2D eigenvalue weighted by atomic mass is 9.99. The van der Waals surface area contributed by atoms with Gasteiger partial charge in [-0.05, 0) is 26.0 Å². The molecule has 0 unspecified atom stereocenters. The van der Waals surface area contributed by atoms with Crippen molar-refractivity contribution >= 4 is 11.4 Å². The van der Waals surface area contributed by atoms with E-state index in [9.17, 15) is 0 Å². The molecule has 0 saturated carbocycles. The summed E-state index contributed by atoms with van der Waals surface area (Å²) in [7, 11) is 0. The minimum Gasteiger partial charge on any atom is -0.377 e. The van der Waals surface area contributed by atoms with E-state index in [0.717, 1.165) is 6.54 Å². The lowest BCUT2D eigenvalue weighted by Gasteiger charge is -2.41. The van der Waals surface area contributed by atoms with Crippen molar-refractivity contribution in [2.75, 3.05) is 23.3 Å². The van der Waals surface area contributed by atoms with E-state index in [2.05, 4.69) is 42.1 Å². The molecule has 0 radical (unpaired) electrons. The Labute approximate surface area is 91.3 Å². The van der Waals surface area contributed by atoms with Crippen LogP contribution in [0.5, 0.6) is 0 Å². The summed E-state index contributed by atoms with van der Waals surface area (Å²) < 4.78 is 0. The Kier molecular flexibility index (Phi) is 2.32. The quantitative estimate of drug-likeness (QED) is 0.700. The Morgan fingerprint density at radius 3 is 2.93 bits per heavy atom. The van der Waals surface area contributed by atoms with Crippen LogP contribution in [-0.2, 0) is 0 Å². The Balaban J connectivity index is 2.39. The zero-order valence-electron chi connectivity index (χ0n) is 9.25. The van der Waals surface area contributed by atoms with Crippen LogP contribution in [0.2, 0.25) is 0 Å². The van der Waals surface area contributed by atoms with Crippen LogP contribution in [0.4, 0.5) is 11.4 Å². The van der Waals surface area contributed by atoms with Crippen LogP contribution in [0.15, 0.2) is 24.3 Å². The van der Waals surface area contributed by atoms with Crippen LogP contribution in [0, 0.1) is 12.3 Å². The van der Waals surface area contributed by atoms with Gasteiger partial charge < -0.3 is 10.2 Å². The van der Waals surface area contributed by atoms with Crippen molar-refractivity contribution in [1.82, 2.24) is 0 Å². The van der Waals surface area contributed by atoms with Crippen LogP contribution < -0.4 is 10.2 Å². The fraction of sp³-hybridized carbons (Fsp3) is 0.385. The molecule has 15 heavy (non-hydrogen) atoms. The number of rotatable bonds is 1. The summed E-state index contributed by atoms with van der Waals surface area (Å²) in [4.78, 5) is 2.24. The summed E-state index contributed by atoms with van der Waals surface area (Å²) in [6, 6.07) is 8.29. The molecule has 1 aliphatic heterocycles.